The number of methoxy groups -OCH3 is 1. The summed E-state index contributed by atoms with van der Waals surface area (Å²) in [6, 6.07) is 20.0. The first-order chi connectivity index (χ1) is 13.1. The molecule has 0 amide bonds. The van der Waals surface area contributed by atoms with Gasteiger partial charge in [-0.05, 0) is 60.5 Å². The number of rotatable bonds is 4. The van der Waals surface area contributed by atoms with Gasteiger partial charge in [0, 0.05) is 16.3 Å². The van der Waals surface area contributed by atoms with Crippen LogP contribution in [0.5, 0.6) is 5.75 Å². The van der Waals surface area contributed by atoms with Crippen LogP contribution in [0, 0.1) is 0 Å². The number of hydrogen-bond acceptors (Lipinski definition) is 4. The number of nitrogens with zero attached hydrogens (tertiary/aromatic N) is 1. The molecule has 1 aliphatic heterocycles. The fourth-order valence-electron chi connectivity index (χ4n) is 3.42. The summed E-state index contributed by atoms with van der Waals surface area (Å²) >= 11 is 6.20. The van der Waals surface area contributed by atoms with Gasteiger partial charge in [-0.1, -0.05) is 29.8 Å². The van der Waals surface area contributed by atoms with E-state index in [9.17, 15) is 5.11 Å². The molecule has 3 aromatic rings. The summed E-state index contributed by atoms with van der Waals surface area (Å²) in [4.78, 5) is 2.21. The monoisotopic (exact) mass is 380 g/mol. The van der Waals surface area contributed by atoms with Gasteiger partial charge < -0.3 is 20.1 Å². The van der Waals surface area contributed by atoms with Crippen LogP contribution in [-0.2, 0) is 0 Å². The first-order valence-electron chi connectivity index (χ1n) is 8.84. The Kier molecular flexibility index (Phi) is 4.68. The third kappa shape index (κ3) is 3.34. The third-order valence-electron chi connectivity index (χ3n) is 4.85. The zero-order chi connectivity index (χ0) is 19.0. The molecule has 2 N–H and O–H groups in total. The van der Waals surface area contributed by atoms with Gasteiger partial charge in [0.15, 0.2) is 0 Å². The molecule has 3 aromatic carbocycles. The minimum absolute atomic E-state index is 0.482. The Morgan fingerprint density at radius 2 is 1.96 bits per heavy atom. The molecule has 4 nitrogen and oxygen atoms in total. The quantitative estimate of drug-likeness (QED) is 0.619. The Morgan fingerprint density at radius 3 is 2.74 bits per heavy atom. The summed E-state index contributed by atoms with van der Waals surface area (Å²) in [6.07, 6.45) is -0.482. The van der Waals surface area contributed by atoms with E-state index in [1.54, 1.807) is 14.0 Å². The molecule has 1 heterocycles. The summed E-state index contributed by atoms with van der Waals surface area (Å²) in [5, 5.41) is 13.9. The average Bonchev–Trinajstić information content (AvgIpc) is 3.11. The minimum Gasteiger partial charge on any atom is -0.496 e. The van der Waals surface area contributed by atoms with Gasteiger partial charge in [0.1, 0.15) is 5.75 Å². The standard InChI is InChI=1S/C22H21ClN2O2/c1-14(26)15-6-8-21-20(11-15)24-13-25(21)18-5-3-4-16(10-18)19-12-17(23)7-9-22(19)27-2/h3-12,14,24,26H,13H2,1-2H3/t14-/m1/s1. The highest BCUT2D eigenvalue weighted by molar-refractivity contribution is 6.31. The first-order valence-corrected chi connectivity index (χ1v) is 9.22. The van der Waals surface area contributed by atoms with Crippen LogP contribution in [0.15, 0.2) is 60.7 Å². The highest BCUT2D eigenvalue weighted by Crippen LogP contribution is 2.40. The SMILES string of the molecule is COc1ccc(Cl)cc1-c1cccc(N2CNc3cc([C@@H](C)O)ccc32)c1. The summed E-state index contributed by atoms with van der Waals surface area (Å²) in [6.45, 7) is 2.45. The summed E-state index contributed by atoms with van der Waals surface area (Å²) < 4.78 is 5.50. The zero-order valence-electron chi connectivity index (χ0n) is 15.2. The van der Waals surface area contributed by atoms with Crippen molar-refractivity contribution in [3.8, 4) is 16.9 Å². The Labute approximate surface area is 164 Å². The van der Waals surface area contributed by atoms with E-state index in [-0.39, 0.29) is 0 Å². The first kappa shape index (κ1) is 17.7. The van der Waals surface area contributed by atoms with Crippen LogP contribution >= 0.6 is 11.6 Å². The van der Waals surface area contributed by atoms with Crippen molar-refractivity contribution < 1.29 is 9.84 Å². The minimum atomic E-state index is -0.482. The van der Waals surface area contributed by atoms with E-state index in [1.807, 2.05) is 42.5 Å². The van der Waals surface area contributed by atoms with Crippen molar-refractivity contribution in [2.45, 2.75) is 13.0 Å². The number of anilines is 3. The lowest BCUT2D eigenvalue weighted by Crippen LogP contribution is -2.16. The normalized spacial score (nSPS) is 13.9. The number of benzene rings is 3. The van der Waals surface area contributed by atoms with Crippen molar-refractivity contribution in [3.63, 3.8) is 0 Å². The highest BCUT2D eigenvalue weighted by atomic mass is 35.5. The van der Waals surface area contributed by atoms with Crippen molar-refractivity contribution in [2.75, 3.05) is 24.0 Å². The number of aliphatic hydroxyl groups excluding tert-OH is 1. The van der Waals surface area contributed by atoms with Crippen LogP contribution in [0.1, 0.15) is 18.6 Å². The lowest BCUT2D eigenvalue weighted by atomic mass is 10.0. The smallest absolute Gasteiger partial charge is 0.126 e. The van der Waals surface area contributed by atoms with Gasteiger partial charge in [-0.25, -0.2) is 0 Å². The second-order valence-corrected chi connectivity index (χ2v) is 7.05. The molecule has 0 fully saturated rings. The molecule has 0 radical (unpaired) electrons. The fraction of sp³-hybridized carbons (Fsp3) is 0.182. The number of fused-ring (bicyclic) bond motifs is 1. The van der Waals surface area contributed by atoms with Crippen molar-refractivity contribution in [1.29, 1.82) is 0 Å². The van der Waals surface area contributed by atoms with E-state index in [0.29, 0.717) is 11.7 Å². The lowest BCUT2D eigenvalue weighted by molar-refractivity contribution is 0.199. The van der Waals surface area contributed by atoms with Gasteiger partial charge >= 0.3 is 0 Å². The zero-order valence-corrected chi connectivity index (χ0v) is 16.0. The van der Waals surface area contributed by atoms with E-state index < -0.39 is 6.10 Å². The van der Waals surface area contributed by atoms with E-state index in [4.69, 9.17) is 16.3 Å². The molecular weight excluding hydrogens is 360 g/mol. The van der Waals surface area contributed by atoms with Gasteiger partial charge in [-0.3, -0.25) is 0 Å². The second kappa shape index (κ2) is 7.14. The summed E-state index contributed by atoms with van der Waals surface area (Å²) in [5.41, 5.74) is 6.10. The van der Waals surface area contributed by atoms with E-state index >= 15 is 0 Å². The molecule has 0 aliphatic carbocycles. The average molecular weight is 381 g/mol. The van der Waals surface area contributed by atoms with Crippen LogP contribution in [-0.4, -0.2) is 18.9 Å². The number of nitrogens with one attached hydrogen (secondary N) is 1. The van der Waals surface area contributed by atoms with Crippen molar-refractivity contribution in [2.24, 2.45) is 0 Å². The molecule has 0 bridgehead atoms. The van der Waals surface area contributed by atoms with E-state index in [2.05, 4.69) is 28.4 Å². The Morgan fingerprint density at radius 1 is 1.11 bits per heavy atom. The maximum absolute atomic E-state index is 9.81. The Hall–Kier alpha value is -2.69. The molecule has 27 heavy (non-hydrogen) atoms. The maximum Gasteiger partial charge on any atom is 0.126 e. The van der Waals surface area contributed by atoms with Crippen LogP contribution < -0.4 is 15.0 Å². The van der Waals surface area contributed by atoms with Gasteiger partial charge in [-0.15, -0.1) is 0 Å². The topological polar surface area (TPSA) is 44.7 Å². The molecule has 0 unspecified atom stereocenters. The molecule has 0 saturated carbocycles. The molecule has 0 aromatic heterocycles. The third-order valence-corrected chi connectivity index (χ3v) is 5.09. The van der Waals surface area contributed by atoms with Gasteiger partial charge in [0.2, 0.25) is 0 Å². The van der Waals surface area contributed by atoms with Crippen molar-refractivity contribution >= 4 is 28.7 Å². The molecule has 5 heteroatoms. The largest absolute Gasteiger partial charge is 0.496 e. The van der Waals surface area contributed by atoms with Crippen LogP contribution in [0.2, 0.25) is 5.02 Å². The molecule has 1 atom stereocenters. The molecule has 0 spiro atoms. The van der Waals surface area contributed by atoms with E-state index in [1.165, 1.54) is 0 Å². The Balaban J connectivity index is 1.72. The predicted octanol–water partition coefficient (Wildman–Crippen LogP) is 5.59. The summed E-state index contributed by atoms with van der Waals surface area (Å²) in [5.74, 6) is 0.790. The van der Waals surface area contributed by atoms with E-state index in [0.717, 1.165) is 39.5 Å². The number of aliphatic hydroxyl groups is 1. The molecule has 138 valence electrons. The van der Waals surface area contributed by atoms with Crippen molar-refractivity contribution in [3.05, 3.63) is 71.2 Å². The number of hydrogen-bond donors (Lipinski definition) is 2. The molecule has 4 rings (SSSR count). The lowest BCUT2D eigenvalue weighted by Gasteiger charge is -2.20. The number of ether oxygens (including phenoxy) is 1. The van der Waals surface area contributed by atoms with Crippen LogP contribution in [0.4, 0.5) is 17.1 Å². The number of halogens is 1. The Bertz CT molecular complexity index is 988. The van der Waals surface area contributed by atoms with Gasteiger partial charge in [0.05, 0.1) is 31.3 Å². The maximum atomic E-state index is 9.81. The predicted molar refractivity (Wildman–Crippen MR) is 111 cm³/mol. The van der Waals surface area contributed by atoms with Crippen LogP contribution in [0.25, 0.3) is 11.1 Å². The second-order valence-electron chi connectivity index (χ2n) is 6.61. The van der Waals surface area contributed by atoms with Crippen LogP contribution in [0.3, 0.4) is 0 Å². The molecule has 1 aliphatic rings. The van der Waals surface area contributed by atoms with Gasteiger partial charge in [-0.2, -0.15) is 0 Å². The van der Waals surface area contributed by atoms with Crippen molar-refractivity contribution in [1.82, 2.24) is 0 Å². The van der Waals surface area contributed by atoms with Gasteiger partial charge in [0.25, 0.3) is 0 Å². The highest BCUT2D eigenvalue weighted by Gasteiger charge is 2.21. The fourth-order valence-corrected chi connectivity index (χ4v) is 3.59. The molecular formula is C22H21ClN2O2. The molecule has 0 saturated heterocycles. The summed E-state index contributed by atoms with van der Waals surface area (Å²) in [7, 11) is 1.66.